The van der Waals surface area contributed by atoms with E-state index < -0.39 is 0 Å². The molecule has 1 atom stereocenters. The van der Waals surface area contributed by atoms with Gasteiger partial charge in [-0.2, -0.15) is 0 Å². The molecule has 1 rings (SSSR count). The summed E-state index contributed by atoms with van der Waals surface area (Å²) in [7, 11) is 2.08. The van der Waals surface area contributed by atoms with Gasteiger partial charge in [0.1, 0.15) is 0 Å². The lowest BCUT2D eigenvalue weighted by Crippen LogP contribution is -2.44. The molecule has 0 saturated heterocycles. The van der Waals surface area contributed by atoms with Gasteiger partial charge in [0, 0.05) is 25.3 Å². The first-order valence-electron chi connectivity index (χ1n) is 5.73. The van der Waals surface area contributed by atoms with Gasteiger partial charge >= 0.3 is 0 Å². The first-order chi connectivity index (χ1) is 7.39. The van der Waals surface area contributed by atoms with Gasteiger partial charge in [0.15, 0.2) is 0 Å². The number of pyridine rings is 1. The first-order valence-corrected chi connectivity index (χ1v) is 5.73. The number of rotatable bonds is 4. The maximum Gasteiger partial charge on any atom is 0.0543 e. The van der Waals surface area contributed by atoms with Gasteiger partial charge in [-0.3, -0.25) is 9.88 Å². The SMILES string of the molecule is CN(Cc1ccccn1)CC(N)C(C)(C)C. The van der Waals surface area contributed by atoms with Crippen molar-refractivity contribution in [3.05, 3.63) is 30.1 Å². The molecule has 1 unspecified atom stereocenters. The molecule has 90 valence electrons. The van der Waals surface area contributed by atoms with Gasteiger partial charge < -0.3 is 5.73 Å². The standard InChI is InChI=1S/C13H23N3/c1-13(2,3)12(14)10-16(4)9-11-7-5-6-8-15-11/h5-8,12H,9-10,14H2,1-4H3. The van der Waals surface area contributed by atoms with Crippen molar-refractivity contribution in [1.82, 2.24) is 9.88 Å². The zero-order valence-electron chi connectivity index (χ0n) is 10.8. The van der Waals surface area contributed by atoms with E-state index in [1.165, 1.54) is 0 Å². The van der Waals surface area contributed by atoms with Crippen LogP contribution in [0.5, 0.6) is 0 Å². The average molecular weight is 221 g/mol. The maximum atomic E-state index is 6.14. The van der Waals surface area contributed by atoms with Gasteiger partial charge in [-0.05, 0) is 24.6 Å². The van der Waals surface area contributed by atoms with E-state index in [-0.39, 0.29) is 11.5 Å². The molecule has 0 aromatic carbocycles. The Kier molecular flexibility index (Phi) is 4.44. The molecule has 3 heteroatoms. The van der Waals surface area contributed by atoms with Gasteiger partial charge in [0.25, 0.3) is 0 Å². The number of likely N-dealkylation sites (N-methyl/N-ethyl adjacent to an activating group) is 1. The highest BCUT2D eigenvalue weighted by molar-refractivity contribution is 5.03. The van der Waals surface area contributed by atoms with Gasteiger partial charge in [0.05, 0.1) is 5.69 Å². The Labute approximate surface area is 98.7 Å². The predicted molar refractivity (Wildman–Crippen MR) is 68.0 cm³/mol. The Balaban J connectivity index is 2.45. The summed E-state index contributed by atoms with van der Waals surface area (Å²) in [5.74, 6) is 0. The molecule has 16 heavy (non-hydrogen) atoms. The topological polar surface area (TPSA) is 42.2 Å². The van der Waals surface area contributed by atoms with E-state index in [2.05, 4.69) is 37.7 Å². The lowest BCUT2D eigenvalue weighted by Gasteiger charge is -2.30. The van der Waals surface area contributed by atoms with E-state index in [4.69, 9.17) is 5.73 Å². The molecule has 0 aliphatic rings. The minimum Gasteiger partial charge on any atom is -0.326 e. The van der Waals surface area contributed by atoms with Crippen LogP contribution in [0.15, 0.2) is 24.4 Å². The molecule has 0 amide bonds. The molecule has 2 N–H and O–H groups in total. The highest BCUT2D eigenvalue weighted by atomic mass is 15.1. The third-order valence-electron chi connectivity index (χ3n) is 2.78. The Bertz CT molecular complexity index is 303. The van der Waals surface area contributed by atoms with E-state index in [1.807, 2.05) is 24.4 Å². The second kappa shape index (κ2) is 5.41. The van der Waals surface area contributed by atoms with E-state index in [9.17, 15) is 0 Å². The zero-order chi connectivity index (χ0) is 12.2. The fourth-order valence-corrected chi connectivity index (χ4v) is 1.44. The molecular weight excluding hydrogens is 198 g/mol. The second-order valence-electron chi connectivity index (χ2n) is 5.49. The Morgan fingerprint density at radius 3 is 2.56 bits per heavy atom. The Morgan fingerprint density at radius 1 is 1.38 bits per heavy atom. The summed E-state index contributed by atoms with van der Waals surface area (Å²) in [5.41, 5.74) is 7.38. The molecule has 1 aromatic heterocycles. The molecule has 0 bridgehead atoms. The monoisotopic (exact) mass is 221 g/mol. The van der Waals surface area contributed by atoms with Crippen molar-refractivity contribution in [2.45, 2.75) is 33.4 Å². The number of aromatic nitrogens is 1. The smallest absolute Gasteiger partial charge is 0.0543 e. The normalized spacial score (nSPS) is 14.1. The highest BCUT2D eigenvalue weighted by Crippen LogP contribution is 2.18. The van der Waals surface area contributed by atoms with Gasteiger partial charge in [0.2, 0.25) is 0 Å². The van der Waals surface area contributed by atoms with Crippen LogP contribution in [0.25, 0.3) is 0 Å². The molecule has 0 spiro atoms. The van der Waals surface area contributed by atoms with Crippen LogP contribution < -0.4 is 5.73 Å². The summed E-state index contributed by atoms with van der Waals surface area (Å²) < 4.78 is 0. The molecular formula is C13H23N3. The van der Waals surface area contributed by atoms with Crippen molar-refractivity contribution < 1.29 is 0 Å². The summed E-state index contributed by atoms with van der Waals surface area (Å²) in [6, 6.07) is 6.17. The van der Waals surface area contributed by atoms with E-state index in [0.717, 1.165) is 18.8 Å². The maximum absolute atomic E-state index is 6.14. The van der Waals surface area contributed by atoms with Crippen molar-refractivity contribution >= 4 is 0 Å². The van der Waals surface area contributed by atoms with Crippen molar-refractivity contribution in [2.24, 2.45) is 11.1 Å². The van der Waals surface area contributed by atoms with Crippen LogP contribution in [0.4, 0.5) is 0 Å². The molecule has 0 saturated carbocycles. The van der Waals surface area contributed by atoms with Gasteiger partial charge in [-0.25, -0.2) is 0 Å². The van der Waals surface area contributed by atoms with E-state index in [1.54, 1.807) is 0 Å². The largest absolute Gasteiger partial charge is 0.326 e. The lowest BCUT2D eigenvalue weighted by molar-refractivity contribution is 0.221. The Hall–Kier alpha value is -0.930. The predicted octanol–water partition coefficient (Wildman–Crippen LogP) is 1.89. The third kappa shape index (κ3) is 4.29. The summed E-state index contributed by atoms with van der Waals surface area (Å²) >= 11 is 0. The van der Waals surface area contributed by atoms with Crippen LogP contribution in [0.1, 0.15) is 26.5 Å². The van der Waals surface area contributed by atoms with Crippen molar-refractivity contribution in [2.75, 3.05) is 13.6 Å². The lowest BCUT2D eigenvalue weighted by atomic mass is 9.87. The van der Waals surface area contributed by atoms with Crippen molar-refractivity contribution in [1.29, 1.82) is 0 Å². The summed E-state index contributed by atoms with van der Waals surface area (Å²) in [5, 5.41) is 0. The van der Waals surface area contributed by atoms with Crippen molar-refractivity contribution in [3.8, 4) is 0 Å². The van der Waals surface area contributed by atoms with Crippen LogP contribution >= 0.6 is 0 Å². The van der Waals surface area contributed by atoms with Crippen molar-refractivity contribution in [3.63, 3.8) is 0 Å². The van der Waals surface area contributed by atoms with Gasteiger partial charge in [-0.15, -0.1) is 0 Å². The average Bonchev–Trinajstić information content (AvgIpc) is 2.17. The van der Waals surface area contributed by atoms with Gasteiger partial charge in [-0.1, -0.05) is 26.8 Å². The number of nitrogens with zero attached hydrogens (tertiary/aromatic N) is 2. The molecule has 1 heterocycles. The van der Waals surface area contributed by atoms with Crippen LogP contribution in [0.2, 0.25) is 0 Å². The number of hydrogen-bond acceptors (Lipinski definition) is 3. The van der Waals surface area contributed by atoms with Crippen LogP contribution in [0, 0.1) is 5.41 Å². The number of nitrogens with two attached hydrogens (primary N) is 1. The minimum absolute atomic E-state index is 0.151. The van der Waals surface area contributed by atoms with E-state index >= 15 is 0 Å². The molecule has 1 aromatic rings. The molecule has 0 fully saturated rings. The van der Waals surface area contributed by atoms with Crippen LogP contribution in [-0.4, -0.2) is 29.5 Å². The zero-order valence-corrected chi connectivity index (χ0v) is 10.8. The summed E-state index contributed by atoms with van der Waals surface area (Å²) in [6.45, 7) is 8.26. The first kappa shape index (κ1) is 13.1. The third-order valence-corrected chi connectivity index (χ3v) is 2.78. The number of hydrogen-bond donors (Lipinski definition) is 1. The fourth-order valence-electron chi connectivity index (χ4n) is 1.44. The van der Waals surface area contributed by atoms with Crippen LogP contribution in [-0.2, 0) is 6.54 Å². The minimum atomic E-state index is 0.151. The quantitative estimate of drug-likeness (QED) is 0.844. The molecule has 0 aliphatic carbocycles. The Morgan fingerprint density at radius 2 is 2.06 bits per heavy atom. The molecule has 3 nitrogen and oxygen atoms in total. The second-order valence-corrected chi connectivity index (χ2v) is 5.49. The summed E-state index contributed by atoms with van der Waals surface area (Å²) in [6.07, 6.45) is 1.83. The molecule has 0 radical (unpaired) electrons. The summed E-state index contributed by atoms with van der Waals surface area (Å²) in [4.78, 5) is 6.53. The van der Waals surface area contributed by atoms with E-state index in [0.29, 0.717) is 0 Å². The fraction of sp³-hybridized carbons (Fsp3) is 0.615. The molecule has 0 aliphatic heterocycles. The van der Waals surface area contributed by atoms with Crippen LogP contribution in [0.3, 0.4) is 0 Å². The highest BCUT2D eigenvalue weighted by Gasteiger charge is 2.21.